The van der Waals surface area contributed by atoms with E-state index in [2.05, 4.69) is 4.90 Å². The van der Waals surface area contributed by atoms with E-state index in [1.165, 1.54) is 0 Å². The first-order chi connectivity index (χ1) is 7.99. The van der Waals surface area contributed by atoms with Gasteiger partial charge in [0.1, 0.15) is 0 Å². The summed E-state index contributed by atoms with van der Waals surface area (Å²) < 4.78 is 24.4. The first-order valence-electron chi connectivity index (χ1n) is 5.99. The molecule has 0 aliphatic carbocycles. The van der Waals surface area contributed by atoms with E-state index in [1.807, 2.05) is 26.1 Å². The number of likely N-dealkylation sites (tertiary alicyclic amines) is 1. The molecule has 1 saturated heterocycles. The standard InChI is InChI=1S/C13H19NO2S/c1-11-5-7-13(8-6-11)17(15,16)10-12-4-3-9-14(12)2/h5-8,12H,3-4,9-10H2,1-2H3. The molecule has 1 aliphatic heterocycles. The Bertz CT molecular complexity index is 479. The molecule has 4 heteroatoms. The van der Waals surface area contributed by atoms with Gasteiger partial charge in [-0.25, -0.2) is 8.42 Å². The van der Waals surface area contributed by atoms with Gasteiger partial charge in [-0.15, -0.1) is 0 Å². The van der Waals surface area contributed by atoms with Crippen molar-refractivity contribution in [3.8, 4) is 0 Å². The fourth-order valence-corrected chi connectivity index (χ4v) is 3.96. The van der Waals surface area contributed by atoms with Gasteiger partial charge in [-0.1, -0.05) is 17.7 Å². The van der Waals surface area contributed by atoms with E-state index in [9.17, 15) is 8.42 Å². The third-order valence-electron chi connectivity index (χ3n) is 3.46. The van der Waals surface area contributed by atoms with E-state index in [0.717, 1.165) is 24.9 Å². The Morgan fingerprint density at radius 2 is 1.94 bits per heavy atom. The average Bonchev–Trinajstić information content (AvgIpc) is 2.64. The molecule has 0 aromatic heterocycles. The minimum absolute atomic E-state index is 0.182. The van der Waals surface area contributed by atoms with Crippen molar-refractivity contribution in [2.45, 2.75) is 30.7 Å². The molecule has 0 radical (unpaired) electrons. The lowest BCUT2D eigenvalue weighted by Crippen LogP contribution is -2.32. The van der Waals surface area contributed by atoms with E-state index in [4.69, 9.17) is 0 Å². The van der Waals surface area contributed by atoms with Crippen LogP contribution >= 0.6 is 0 Å². The van der Waals surface area contributed by atoms with Crippen molar-refractivity contribution in [2.24, 2.45) is 0 Å². The summed E-state index contributed by atoms with van der Waals surface area (Å²) in [7, 11) is -1.13. The van der Waals surface area contributed by atoms with Gasteiger partial charge in [-0.3, -0.25) is 0 Å². The Kier molecular flexibility index (Phi) is 3.54. The Morgan fingerprint density at radius 3 is 2.47 bits per heavy atom. The van der Waals surface area contributed by atoms with Crippen LogP contribution in [0.15, 0.2) is 29.2 Å². The van der Waals surface area contributed by atoms with Gasteiger partial charge in [0.25, 0.3) is 0 Å². The zero-order valence-electron chi connectivity index (χ0n) is 10.4. The lowest BCUT2D eigenvalue weighted by Gasteiger charge is -2.19. The van der Waals surface area contributed by atoms with Crippen LogP contribution < -0.4 is 0 Å². The zero-order valence-corrected chi connectivity index (χ0v) is 11.2. The predicted molar refractivity (Wildman–Crippen MR) is 68.9 cm³/mol. The molecule has 3 nitrogen and oxygen atoms in total. The Labute approximate surface area is 103 Å². The third-order valence-corrected chi connectivity index (χ3v) is 5.28. The monoisotopic (exact) mass is 253 g/mol. The van der Waals surface area contributed by atoms with Crippen molar-refractivity contribution in [3.05, 3.63) is 29.8 Å². The molecule has 17 heavy (non-hydrogen) atoms. The number of aryl methyl sites for hydroxylation is 1. The molecule has 94 valence electrons. The smallest absolute Gasteiger partial charge is 0.179 e. The molecule has 1 aromatic carbocycles. The van der Waals surface area contributed by atoms with Crippen LogP contribution in [-0.2, 0) is 9.84 Å². The van der Waals surface area contributed by atoms with E-state index in [1.54, 1.807) is 12.1 Å². The number of sulfone groups is 1. The summed E-state index contributed by atoms with van der Waals surface area (Å²) in [5.41, 5.74) is 1.09. The van der Waals surface area contributed by atoms with Crippen molar-refractivity contribution in [1.29, 1.82) is 0 Å². The van der Waals surface area contributed by atoms with Crippen LogP contribution in [0.4, 0.5) is 0 Å². The summed E-state index contributed by atoms with van der Waals surface area (Å²) in [5, 5.41) is 0. The highest BCUT2D eigenvalue weighted by atomic mass is 32.2. The lowest BCUT2D eigenvalue weighted by molar-refractivity contribution is 0.331. The van der Waals surface area contributed by atoms with E-state index in [0.29, 0.717) is 4.90 Å². The van der Waals surface area contributed by atoms with Gasteiger partial charge in [0, 0.05) is 6.04 Å². The second kappa shape index (κ2) is 4.78. The molecular formula is C13H19NO2S. The number of hydrogen-bond donors (Lipinski definition) is 0. The fourth-order valence-electron chi connectivity index (χ4n) is 2.28. The van der Waals surface area contributed by atoms with Gasteiger partial charge in [-0.2, -0.15) is 0 Å². The molecule has 1 heterocycles. The van der Waals surface area contributed by atoms with Crippen LogP contribution in [0.2, 0.25) is 0 Å². The van der Waals surface area contributed by atoms with Gasteiger partial charge in [0.2, 0.25) is 0 Å². The minimum atomic E-state index is -3.14. The maximum absolute atomic E-state index is 12.2. The topological polar surface area (TPSA) is 37.4 Å². The quantitative estimate of drug-likeness (QED) is 0.825. The summed E-state index contributed by atoms with van der Waals surface area (Å²) in [6.07, 6.45) is 2.09. The molecule has 1 atom stereocenters. The third kappa shape index (κ3) is 2.87. The largest absolute Gasteiger partial charge is 0.302 e. The molecule has 0 saturated carbocycles. The van der Waals surface area contributed by atoms with Crippen LogP contribution in [0.1, 0.15) is 18.4 Å². The Morgan fingerprint density at radius 1 is 1.29 bits per heavy atom. The van der Waals surface area contributed by atoms with Crippen LogP contribution in [0.3, 0.4) is 0 Å². The van der Waals surface area contributed by atoms with Gasteiger partial charge in [0.15, 0.2) is 9.84 Å². The molecule has 1 fully saturated rings. The van der Waals surface area contributed by atoms with E-state index in [-0.39, 0.29) is 11.8 Å². The molecule has 0 N–H and O–H groups in total. The van der Waals surface area contributed by atoms with E-state index < -0.39 is 9.84 Å². The molecule has 0 amide bonds. The van der Waals surface area contributed by atoms with Crippen molar-refractivity contribution in [2.75, 3.05) is 19.3 Å². The maximum Gasteiger partial charge on any atom is 0.179 e. The summed E-state index contributed by atoms with van der Waals surface area (Å²) in [6, 6.07) is 7.30. The number of benzene rings is 1. The average molecular weight is 253 g/mol. The Hall–Kier alpha value is -0.870. The van der Waals surface area contributed by atoms with Gasteiger partial charge in [0.05, 0.1) is 10.6 Å². The highest BCUT2D eigenvalue weighted by Gasteiger charge is 2.27. The second-order valence-electron chi connectivity index (χ2n) is 4.87. The van der Waals surface area contributed by atoms with Crippen molar-refractivity contribution < 1.29 is 8.42 Å². The highest BCUT2D eigenvalue weighted by molar-refractivity contribution is 7.91. The number of hydrogen-bond acceptors (Lipinski definition) is 3. The number of nitrogens with zero attached hydrogens (tertiary/aromatic N) is 1. The Balaban J connectivity index is 2.16. The number of rotatable bonds is 3. The normalized spacial score (nSPS) is 21.9. The summed E-state index contributed by atoms with van der Waals surface area (Å²) in [4.78, 5) is 2.59. The van der Waals surface area contributed by atoms with Gasteiger partial charge >= 0.3 is 0 Å². The van der Waals surface area contributed by atoms with Crippen LogP contribution in [0.5, 0.6) is 0 Å². The predicted octanol–water partition coefficient (Wildman–Crippen LogP) is 1.86. The summed E-state index contributed by atoms with van der Waals surface area (Å²) in [6.45, 7) is 2.97. The zero-order chi connectivity index (χ0) is 12.5. The van der Waals surface area contributed by atoms with E-state index >= 15 is 0 Å². The van der Waals surface area contributed by atoms with Crippen molar-refractivity contribution in [1.82, 2.24) is 4.90 Å². The van der Waals surface area contributed by atoms with Crippen LogP contribution in [0.25, 0.3) is 0 Å². The first-order valence-corrected chi connectivity index (χ1v) is 7.64. The molecule has 0 spiro atoms. The molecule has 0 bridgehead atoms. The molecule has 2 rings (SSSR count). The van der Waals surface area contributed by atoms with Crippen molar-refractivity contribution in [3.63, 3.8) is 0 Å². The second-order valence-corrected chi connectivity index (χ2v) is 6.91. The van der Waals surface area contributed by atoms with Gasteiger partial charge < -0.3 is 4.90 Å². The lowest BCUT2D eigenvalue weighted by atomic mass is 10.2. The van der Waals surface area contributed by atoms with Gasteiger partial charge in [-0.05, 0) is 45.5 Å². The molecular weight excluding hydrogens is 234 g/mol. The highest BCUT2D eigenvalue weighted by Crippen LogP contribution is 2.20. The van der Waals surface area contributed by atoms with Crippen LogP contribution in [-0.4, -0.2) is 38.7 Å². The van der Waals surface area contributed by atoms with Crippen molar-refractivity contribution >= 4 is 9.84 Å². The molecule has 1 aliphatic rings. The SMILES string of the molecule is Cc1ccc(S(=O)(=O)CC2CCCN2C)cc1. The molecule has 1 aromatic rings. The minimum Gasteiger partial charge on any atom is -0.302 e. The van der Waals surface area contributed by atoms with Crippen LogP contribution in [0, 0.1) is 6.92 Å². The maximum atomic E-state index is 12.2. The first kappa shape index (κ1) is 12.6. The summed E-state index contributed by atoms with van der Waals surface area (Å²) >= 11 is 0. The fraction of sp³-hybridized carbons (Fsp3) is 0.538. The summed E-state index contributed by atoms with van der Waals surface area (Å²) in [5.74, 6) is 0.243. The molecule has 1 unspecified atom stereocenters.